The number of aromatic nitrogens is 2. The fourth-order valence-electron chi connectivity index (χ4n) is 2.41. The largest absolute Gasteiger partial charge is 0.480 e. The first-order chi connectivity index (χ1) is 8.97. The molecule has 2 aromatic rings. The van der Waals surface area contributed by atoms with Crippen LogP contribution < -0.4 is 0 Å². The Morgan fingerprint density at radius 1 is 1.47 bits per heavy atom. The molecule has 1 aromatic carbocycles. The first kappa shape index (κ1) is 12.1. The summed E-state index contributed by atoms with van der Waals surface area (Å²) in [6, 6.07) is 2.02. The number of halogens is 2. The highest BCUT2D eigenvalue weighted by Crippen LogP contribution is 2.47. The minimum Gasteiger partial charge on any atom is -0.480 e. The molecule has 0 bridgehead atoms. The third-order valence-corrected chi connectivity index (χ3v) is 3.55. The van der Waals surface area contributed by atoms with Crippen LogP contribution in [0.2, 0.25) is 0 Å². The second kappa shape index (κ2) is 4.01. The summed E-state index contributed by atoms with van der Waals surface area (Å²) in [7, 11) is 0. The first-order valence-corrected chi connectivity index (χ1v) is 6.04. The Kier molecular flexibility index (Phi) is 2.55. The van der Waals surface area contributed by atoms with Crippen LogP contribution in [0.5, 0.6) is 0 Å². The van der Waals surface area contributed by atoms with E-state index in [0.29, 0.717) is 22.8 Å². The van der Waals surface area contributed by atoms with Crippen LogP contribution in [0.25, 0.3) is 11.0 Å². The zero-order valence-electron chi connectivity index (χ0n) is 10.2. The number of hydrogen-bond acceptors (Lipinski definition) is 2. The molecule has 1 saturated carbocycles. The third kappa shape index (κ3) is 1.97. The standard InChI is InChI=1S/C13H12F2N2O2/c1-6-2-7(6)13-16-10-3-8(14)9(15)4-11(10)17(13)5-12(18)19/h3-4,6-7H,2,5H2,1H3,(H,18,19). The number of carbonyl (C=O) groups is 1. The fraction of sp³-hybridized carbons (Fsp3) is 0.385. The summed E-state index contributed by atoms with van der Waals surface area (Å²) in [5.41, 5.74) is 0.629. The Morgan fingerprint density at radius 2 is 2.11 bits per heavy atom. The molecule has 0 spiro atoms. The van der Waals surface area contributed by atoms with E-state index < -0.39 is 17.6 Å². The molecular weight excluding hydrogens is 254 g/mol. The van der Waals surface area contributed by atoms with Gasteiger partial charge in [-0.1, -0.05) is 6.92 Å². The molecule has 1 heterocycles. The van der Waals surface area contributed by atoms with E-state index in [9.17, 15) is 13.6 Å². The lowest BCUT2D eigenvalue weighted by Gasteiger charge is -2.05. The number of benzene rings is 1. The van der Waals surface area contributed by atoms with Gasteiger partial charge < -0.3 is 9.67 Å². The predicted octanol–water partition coefficient (Wildman–Crippen LogP) is 2.52. The fourth-order valence-corrected chi connectivity index (χ4v) is 2.41. The lowest BCUT2D eigenvalue weighted by atomic mass is 10.3. The zero-order valence-corrected chi connectivity index (χ0v) is 10.2. The molecule has 0 saturated heterocycles. The number of rotatable bonds is 3. The van der Waals surface area contributed by atoms with E-state index in [4.69, 9.17) is 5.11 Å². The number of fused-ring (bicyclic) bond motifs is 1. The summed E-state index contributed by atoms with van der Waals surface area (Å²) in [5, 5.41) is 8.94. The number of nitrogens with zero attached hydrogens (tertiary/aromatic N) is 2. The number of imidazole rings is 1. The minimum absolute atomic E-state index is 0.179. The van der Waals surface area contributed by atoms with E-state index in [-0.39, 0.29) is 12.5 Å². The van der Waals surface area contributed by atoms with Gasteiger partial charge in [-0.25, -0.2) is 13.8 Å². The smallest absolute Gasteiger partial charge is 0.323 e. The molecule has 100 valence electrons. The van der Waals surface area contributed by atoms with Gasteiger partial charge in [-0.3, -0.25) is 4.79 Å². The summed E-state index contributed by atoms with van der Waals surface area (Å²) in [6.45, 7) is 1.75. The maximum Gasteiger partial charge on any atom is 0.323 e. The van der Waals surface area contributed by atoms with Gasteiger partial charge in [0.1, 0.15) is 12.4 Å². The number of hydrogen-bond donors (Lipinski definition) is 1. The normalized spacial score (nSPS) is 21.8. The van der Waals surface area contributed by atoms with Crippen LogP contribution in [0.3, 0.4) is 0 Å². The average Bonchev–Trinajstić information content (AvgIpc) is 2.95. The van der Waals surface area contributed by atoms with Gasteiger partial charge in [-0.2, -0.15) is 0 Å². The van der Waals surface area contributed by atoms with Crippen molar-refractivity contribution in [3.8, 4) is 0 Å². The molecule has 2 unspecified atom stereocenters. The van der Waals surface area contributed by atoms with Gasteiger partial charge in [0, 0.05) is 18.1 Å². The first-order valence-electron chi connectivity index (χ1n) is 6.04. The van der Waals surface area contributed by atoms with Crippen LogP contribution in [0.15, 0.2) is 12.1 Å². The molecule has 19 heavy (non-hydrogen) atoms. The molecule has 0 amide bonds. The van der Waals surface area contributed by atoms with Crippen molar-refractivity contribution >= 4 is 17.0 Å². The molecule has 0 aliphatic heterocycles. The highest BCUT2D eigenvalue weighted by molar-refractivity contribution is 5.79. The van der Waals surface area contributed by atoms with Gasteiger partial charge in [-0.05, 0) is 12.3 Å². The van der Waals surface area contributed by atoms with E-state index in [1.54, 1.807) is 0 Å². The van der Waals surface area contributed by atoms with Crippen molar-refractivity contribution in [2.24, 2.45) is 5.92 Å². The van der Waals surface area contributed by atoms with Gasteiger partial charge in [0.15, 0.2) is 11.6 Å². The third-order valence-electron chi connectivity index (χ3n) is 3.55. The molecule has 6 heteroatoms. The van der Waals surface area contributed by atoms with Crippen LogP contribution in [-0.2, 0) is 11.3 Å². The maximum atomic E-state index is 13.3. The highest BCUT2D eigenvalue weighted by Gasteiger charge is 2.38. The Morgan fingerprint density at radius 3 is 2.68 bits per heavy atom. The van der Waals surface area contributed by atoms with E-state index in [1.807, 2.05) is 6.92 Å². The second-order valence-corrected chi connectivity index (χ2v) is 5.02. The predicted molar refractivity (Wildman–Crippen MR) is 63.8 cm³/mol. The molecule has 4 nitrogen and oxygen atoms in total. The summed E-state index contributed by atoms with van der Waals surface area (Å²) < 4.78 is 28.0. The number of carboxylic acids is 1. The molecule has 2 atom stereocenters. The molecule has 3 rings (SSSR count). The van der Waals surface area contributed by atoms with Crippen LogP contribution in [0, 0.1) is 17.6 Å². The quantitative estimate of drug-likeness (QED) is 0.928. The van der Waals surface area contributed by atoms with Gasteiger partial charge in [0.05, 0.1) is 11.0 Å². The molecule has 1 aromatic heterocycles. The van der Waals surface area contributed by atoms with Crippen LogP contribution >= 0.6 is 0 Å². The molecule has 1 fully saturated rings. The molecule has 1 aliphatic rings. The average molecular weight is 266 g/mol. The topological polar surface area (TPSA) is 55.1 Å². The van der Waals surface area contributed by atoms with Crippen molar-refractivity contribution in [1.82, 2.24) is 9.55 Å². The second-order valence-electron chi connectivity index (χ2n) is 5.02. The monoisotopic (exact) mass is 266 g/mol. The molecule has 0 radical (unpaired) electrons. The summed E-state index contributed by atoms with van der Waals surface area (Å²) in [4.78, 5) is 15.2. The minimum atomic E-state index is -1.03. The van der Waals surface area contributed by atoms with E-state index >= 15 is 0 Å². The Labute approximate surface area is 107 Å². The molecule has 1 N–H and O–H groups in total. The van der Waals surface area contributed by atoms with Crippen molar-refractivity contribution in [1.29, 1.82) is 0 Å². The van der Waals surface area contributed by atoms with Gasteiger partial charge in [0.2, 0.25) is 0 Å². The van der Waals surface area contributed by atoms with Crippen molar-refractivity contribution in [2.45, 2.75) is 25.8 Å². The van der Waals surface area contributed by atoms with Gasteiger partial charge in [0.25, 0.3) is 0 Å². The highest BCUT2D eigenvalue weighted by atomic mass is 19.2. The van der Waals surface area contributed by atoms with Crippen molar-refractivity contribution in [3.63, 3.8) is 0 Å². The SMILES string of the molecule is CC1CC1c1nc2cc(F)c(F)cc2n1CC(=O)O. The lowest BCUT2D eigenvalue weighted by molar-refractivity contribution is -0.137. The van der Waals surface area contributed by atoms with E-state index in [0.717, 1.165) is 18.6 Å². The van der Waals surface area contributed by atoms with Crippen molar-refractivity contribution in [2.75, 3.05) is 0 Å². The lowest BCUT2D eigenvalue weighted by Crippen LogP contribution is -2.11. The van der Waals surface area contributed by atoms with E-state index in [2.05, 4.69) is 4.98 Å². The summed E-state index contributed by atoms with van der Waals surface area (Å²) in [6.07, 6.45) is 0.925. The summed E-state index contributed by atoms with van der Waals surface area (Å²) in [5.74, 6) is -1.78. The van der Waals surface area contributed by atoms with Gasteiger partial charge in [-0.15, -0.1) is 0 Å². The number of carboxylic acid groups (broad SMARTS) is 1. The summed E-state index contributed by atoms with van der Waals surface area (Å²) >= 11 is 0. The molecular formula is C13H12F2N2O2. The van der Waals surface area contributed by atoms with Crippen LogP contribution in [0.1, 0.15) is 25.1 Å². The Bertz CT molecular complexity index is 681. The van der Waals surface area contributed by atoms with Crippen LogP contribution in [0.4, 0.5) is 8.78 Å². The Balaban J connectivity index is 2.20. The van der Waals surface area contributed by atoms with Gasteiger partial charge >= 0.3 is 5.97 Å². The van der Waals surface area contributed by atoms with E-state index in [1.165, 1.54) is 4.57 Å². The Hall–Kier alpha value is -1.98. The van der Waals surface area contributed by atoms with Crippen molar-refractivity contribution in [3.05, 3.63) is 29.6 Å². The van der Waals surface area contributed by atoms with Crippen LogP contribution in [-0.4, -0.2) is 20.6 Å². The molecule has 1 aliphatic carbocycles. The zero-order chi connectivity index (χ0) is 13.7. The number of aliphatic carboxylic acids is 1. The maximum absolute atomic E-state index is 13.3. The van der Waals surface area contributed by atoms with Crippen molar-refractivity contribution < 1.29 is 18.7 Å².